The average Bonchev–Trinajstić information content (AvgIpc) is 3.10. The minimum atomic E-state index is -0.367. The van der Waals surface area contributed by atoms with Gasteiger partial charge in [-0.3, -0.25) is 0 Å². The van der Waals surface area contributed by atoms with Crippen molar-refractivity contribution in [2.45, 2.75) is 13.5 Å². The second-order valence-electron chi connectivity index (χ2n) is 6.17. The van der Waals surface area contributed by atoms with E-state index in [4.69, 9.17) is 9.26 Å². The highest BCUT2D eigenvalue weighted by Gasteiger charge is 2.14. The van der Waals surface area contributed by atoms with Gasteiger partial charge < -0.3 is 9.26 Å². The minimum Gasteiger partial charge on any atom is -0.457 e. The molecule has 0 aliphatic carbocycles. The zero-order chi connectivity index (χ0) is 17.9. The number of aromatic nitrogens is 1. The lowest BCUT2D eigenvalue weighted by Gasteiger charge is -2.06. The van der Waals surface area contributed by atoms with Crippen LogP contribution in [0.5, 0.6) is 0 Å². The number of hydrogen-bond donors (Lipinski definition) is 0. The Morgan fingerprint density at radius 2 is 1.85 bits per heavy atom. The second kappa shape index (κ2) is 6.84. The highest BCUT2D eigenvalue weighted by molar-refractivity contribution is 5.98. The van der Waals surface area contributed by atoms with Crippen molar-refractivity contribution < 1.29 is 14.1 Å². The molecule has 26 heavy (non-hydrogen) atoms. The molecule has 0 saturated carbocycles. The van der Waals surface area contributed by atoms with Crippen LogP contribution in [0.2, 0.25) is 0 Å². The Labute approximate surface area is 151 Å². The zero-order valence-corrected chi connectivity index (χ0v) is 14.3. The molecule has 4 rings (SSSR count). The third-order valence-corrected chi connectivity index (χ3v) is 4.20. The number of carbonyl (C=O) groups excluding carboxylic acids is 1. The van der Waals surface area contributed by atoms with Crippen LogP contribution in [0.4, 0.5) is 0 Å². The highest BCUT2D eigenvalue weighted by Crippen LogP contribution is 2.29. The molecule has 4 nitrogen and oxygen atoms in total. The first-order valence-corrected chi connectivity index (χ1v) is 8.38. The maximum absolute atomic E-state index is 12.4. The predicted octanol–water partition coefficient (Wildman–Crippen LogP) is 5.16. The van der Waals surface area contributed by atoms with Crippen molar-refractivity contribution in [2.75, 3.05) is 0 Å². The quantitative estimate of drug-likeness (QED) is 0.480. The summed E-state index contributed by atoms with van der Waals surface area (Å²) in [6.07, 6.45) is 0. The number of benzene rings is 3. The van der Waals surface area contributed by atoms with E-state index in [-0.39, 0.29) is 12.6 Å². The fourth-order valence-electron chi connectivity index (χ4n) is 2.90. The maximum Gasteiger partial charge on any atom is 0.338 e. The molecule has 4 heteroatoms. The van der Waals surface area contributed by atoms with Crippen molar-refractivity contribution in [1.29, 1.82) is 0 Å². The second-order valence-corrected chi connectivity index (χ2v) is 6.17. The van der Waals surface area contributed by atoms with Crippen molar-refractivity contribution >= 4 is 16.9 Å². The Kier molecular flexibility index (Phi) is 4.23. The normalized spacial score (nSPS) is 10.8. The molecule has 0 atom stereocenters. The molecule has 1 aromatic heterocycles. The molecule has 4 aromatic rings. The lowest BCUT2D eigenvalue weighted by atomic mass is 10.1. The fourth-order valence-corrected chi connectivity index (χ4v) is 2.90. The van der Waals surface area contributed by atoms with Gasteiger partial charge in [0.05, 0.1) is 10.9 Å². The molecule has 0 aliphatic rings. The number of esters is 1. The van der Waals surface area contributed by atoms with Crippen molar-refractivity contribution in [3.63, 3.8) is 0 Å². The number of ether oxygens (including phenoxy) is 1. The van der Waals surface area contributed by atoms with Gasteiger partial charge in [-0.15, -0.1) is 0 Å². The Hall–Kier alpha value is -3.40. The molecule has 0 spiro atoms. The van der Waals surface area contributed by atoms with Gasteiger partial charge in [0.1, 0.15) is 12.1 Å². The molecule has 0 bridgehead atoms. The van der Waals surface area contributed by atoms with Crippen LogP contribution in [0.25, 0.3) is 22.2 Å². The van der Waals surface area contributed by atoms with Crippen LogP contribution in [0.15, 0.2) is 77.3 Å². The molecule has 0 saturated heterocycles. The van der Waals surface area contributed by atoms with Crippen LogP contribution in [-0.2, 0) is 11.3 Å². The van der Waals surface area contributed by atoms with E-state index in [0.717, 1.165) is 22.1 Å². The maximum atomic E-state index is 12.4. The van der Waals surface area contributed by atoms with E-state index in [2.05, 4.69) is 5.16 Å². The van der Waals surface area contributed by atoms with E-state index >= 15 is 0 Å². The van der Waals surface area contributed by atoms with Crippen LogP contribution in [0.1, 0.15) is 21.5 Å². The number of rotatable bonds is 4. The molecule has 0 aliphatic heterocycles. The third-order valence-electron chi connectivity index (χ3n) is 4.20. The van der Waals surface area contributed by atoms with E-state index in [0.29, 0.717) is 16.8 Å². The summed E-state index contributed by atoms with van der Waals surface area (Å²) in [5.41, 5.74) is 4.20. The molecular weight excluding hydrogens is 326 g/mol. The van der Waals surface area contributed by atoms with Gasteiger partial charge in [-0.25, -0.2) is 4.79 Å². The Morgan fingerprint density at radius 3 is 2.65 bits per heavy atom. The van der Waals surface area contributed by atoms with Crippen LogP contribution < -0.4 is 0 Å². The van der Waals surface area contributed by atoms with Gasteiger partial charge in [0.15, 0.2) is 5.76 Å². The molecule has 0 amide bonds. The summed E-state index contributed by atoms with van der Waals surface area (Å²) in [5, 5.41) is 4.86. The molecule has 0 fully saturated rings. The van der Waals surface area contributed by atoms with Crippen molar-refractivity contribution in [1.82, 2.24) is 5.16 Å². The molecule has 0 N–H and O–H groups in total. The van der Waals surface area contributed by atoms with Gasteiger partial charge in [0.25, 0.3) is 0 Å². The van der Waals surface area contributed by atoms with E-state index in [1.165, 1.54) is 0 Å². The first kappa shape index (κ1) is 16.1. The monoisotopic (exact) mass is 343 g/mol. The molecule has 1 heterocycles. The number of carbonyl (C=O) groups is 1. The molecule has 0 radical (unpaired) electrons. The van der Waals surface area contributed by atoms with Gasteiger partial charge in [-0.1, -0.05) is 65.3 Å². The summed E-state index contributed by atoms with van der Waals surface area (Å²) >= 11 is 0. The van der Waals surface area contributed by atoms with Crippen molar-refractivity contribution in [3.8, 4) is 11.3 Å². The van der Waals surface area contributed by atoms with Crippen LogP contribution in [0.3, 0.4) is 0 Å². The summed E-state index contributed by atoms with van der Waals surface area (Å²) in [6, 6.07) is 22.9. The van der Waals surface area contributed by atoms with Crippen molar-refractivity contribution in [2.24, 2.45) is 0 Å². The first-order valence-electron chi connectivity index (χ1n) is 8.38. The van der Waals surface area contributed by atoms with Crippen LogP contribution >= 0.6 is 0 Å². The van der Waals surface area contributed by atoms with E-state index in [1.807, 2.05) is 61.5 Å². The Balaban J connectivity index is 1.59. The number of hydrogen-bond acceptors (Lipinski definition) is 4. The van der Waals surface area contributed by atoms with Gasteiger partial charge in [0, 0.05) is 5.56 Å². The summed E-state index contributed by atoms with van der Waals surface area (Å²) < 4.78 is 10.9. The molecule has 3 aromatic carbocycles. The Bertz CT molecular complexity index is 1070. The summed E-state index contributed by atoms with van der Waals surface area (Å²) in [6.45, 7) is 2.25. The summed E-state index contributed by atoms with van der Waals surface area (Å²) in [4.78, 5) is 12.4. The number of fused-ring (bicyclic) bond motifs is 1. The predicted molar refractivity (Wildman–Crippen MR) is 99.7 cm³/mol. The van der Waals surface area contributed by atoms with Gasteiger partial charge in [-0.05, 0) is 30.7 Å². The van der Waals surface area contributed by atoms with E-state index in [1.54, 1.807) is 18.2 Å². The number of aryl methyl sites for hydroxylation is 1. The summed E-state index contributed by atoms with van der Waals surface area (Å²) in [7, 11) is 0. The van der Waals surface area contributed by atoms with Crippen molar-refractivity contribution in [3.05, 3.63) is 89.5 Å². The highest BCUT2D eigenvalue weighted by atomic mass is 16.5. The molecule has 0 unspecified atom stereocenters. The summed E-state index contributed by atoms with van der Waals surface area (Å²) in [5.74, 6) is 0.280. The van der Waals surface area contributed by atoms with E-state index in [9.17, 15) is 4.79 Å². The average molecular weight is 343 g/mol. The van der Waals surface area contributed by atoms with Crippen LogP contribution in [0, 0.1) is 6.92 Å². The van der Waals surface area contributed by atoms with Gasteiger partial charge in [0.2, 0.25) is 0 Å². The SMILES string of the molecule is Cc1cccc(COC(=O)c2ccc3noc(-c4ccccc4)c3c2)c1. The standard InChI is InChI=1S/C22H17NO3/c1-15-6-5-7-16(12-15)14-25-22(24)18-10-11-20-19(13-18)21(26-23-20)17-8-3-2-4-9-17/h2-13H,14H2,1H3. The lowest BCUT2D eigenvalue weighted by Crippen LogP contribution is -2.05. The smallest absolute Gasteiger partial charge is 0.338 e. The fraction of sp³-hybridized carbons (Fsp3) is 0.0909. The van der Waals surface area contributed by atoms with E-state index < -0.39 is 0 Å². The molecular formula is C22H17NO3. The lowest BCUT2D eigenvalue weighted by molar-refractivity contribution is 0.0473. The topological polar surface area (TPSA) is 52.3 Å². The molecule has 128 valence electrons. The van der Waals surface area contributed by atoms with Gasteiger partial charge in [-0.2, -0.15) is 0 Å². The Morgan fingerprint density at radius 1 is 1.00 bits per heavy atom. The third kappa shape index (κ3) is 3.22. The largest absolute Gasteiger partial charge is 0.457 e. The minimum absolute atomic E-state index is 0.244. The van der Waals surface area contributed by atoms with Crippen LogP contribution in [-0.4, -0.2) is 11.1 Å². The zero-order valence-electron chi connectivity index (χ0n) is 14.3. The first-order chi connectivity index (χ1) is 12.7. The van der Waals surface area contributed by atoms with Gasteiger partial charge >= 0.3 is 5.97 Å². The number of nitrogens with zero attached hydrogens (tertiary/aromatic N) is 1.